The second-order valence-corrected chi connectivity index (χ2v) is 5.23. The van der Waals surface area contributed by atoms with Gasteiger partial charge in [0.05, 0.1) is 25.9 Å². The molecule has 0 heterocycles. The molecular formula is C15H20ClNO3. The molecule has 1 aliphatic carbocycles. The van der Waals surface area contributed by atoms with Crippen LogP contribution in [0.15, 0.2) is 18.2 Å². The Balaban J connectivity index is 1.78. The standard InChI is InChI=1S/C15H20ClNO3/c1-19-9-10-20-8-7-15(18)17-14-6-5-11-12(14)3-2-4-13(11)16/h2-4,14H,5-10H2,1H3,(H,17,18). The molecule has 0 spiro atoms. The Morgan fingerprint density at radius 2 is 2.25 bits per heavy atom. The van der Waals surface area contributed by atoms with Crippen LogP contribution in [0.3, 0.4) is 0 Å². The van der Waals surface area contributed by atoms with Crippen molar-refractivity contribution in [3.63, 3.8) is 0 Å². The van der Waals surface area contributed by atoms with E-state index in [0.29, 0.717) is 26.2 Å². The highest BCUT2D eigenvalue weighted by Crippen LogP contribution is 2.35. The van der Waals surface area contributed by atoms with Gasteiger partial charge < -0.3 is 14.8 Å². The SMILES string of the molecule is COCCOCCC(=O)NC1CCc2c(Cl)cccc21. The zero-order valence-electron chi connectivity index (χ0n) is 11.7. The number of benzene rings is 1. The number of carbonyl (C=O) groups is 1. The normalized spacial score (nSPS) is 17.0. The van der Waals surface area contributed by atoms with Gasteiger partial charge >= 0.3 is 0 Å². The summed E-state index contributed by atoms with van der Waals surface area (Å²) >= 11 is 6.16. The molecule has 1 amide bonds. The van der Waals surface area contributed by atoms with Gasteiger partial charge in [-0.1, -0.05) is 23.7 Å². The van der Waals surface area contributed by atoms with Crippen LogP contribution in [-0.2, 0) is 20.7 Å². The summed E-state index contributed by atoms with van der Waals surface area (Å²) in [6, 6.07) is 5.94. The molecule has 4 nitrogen and oxygen atoms in total. The van der Waals surface area contributed by atoms with Crippen molar-refractivity contribution >= 4 is 17.5 Å². The Bertz CT molecular complexity index is 464. The summed E-state index contributed by atoms with van der Waals surface area (Å²) in [6.07, 6.45) is 2.20. The number of halogens is 1. The van der Waals surface area contributed by atoms with Crippen LogP contribution in [0.5, 0.6) is 0 Å². The maximum Gasteiger partial charge on any atom is 0.222 e. The van der Waals surface area contributed by atoms with Crippen LogP contribution in [0.4, 0.5) is 0 Å². The Labute approximate surface area is 124 Å². The number of nitrogens with one attached hydrogen (secondary N) is 1. The quantitative estimate of drug-likeness (QED) is 0.787. The van der Waals surface area contributed by atoms with Gasteiger partial charge in [-0.3, -0.25) is 4.79 Å². The van der Waals surface area contributed by atoms with Gasteiger partial charge in [0.25, 0.3) is 0 Å². The molecule has 0 aromatic heterocycles. The molecule has 0 saturated heterocycles. The van der Waals surface area contributed by atoms with Crippen LogP contribution >= 0.6 is 11.6 Å². The lowest BCUT2D eigenvalue weighted by atomic mass is 10.1. The summed E-state index contributed by atoms with van der Waals surface area (Å²) in [5, 5.41) is 3.84. The second kappa shape index (κ2) is 7.62. The third-order valence-electron chi connectivity index (χ3n) is 3.45. The topological polar surface area (TPSA) is 47.6 Å². The van der Waals surface area contributed by atoms with E-state index in [1.807, 2.05) is 18.2 Å². The Kier molecular flexibility index (Phi) is 5.83. The van der Waals surface area contributed by atoms with Gasteiger partial charge in [-0.25, -0.2) is 0 Å². The highest BCUT2D eigenvalue weighted by molar-refractivity contribution is 6.31. The number of ether oxygens (including phenoxy) is 2. The average molecular weight is 298 g/mol. The summed E-state index contributed by atoms with van der Waals surface area (Å²) in [4.78, 5) is 11.9. The van der Waals surface area contributed by atoms with Crippen LogP contribution in [-0.4, -0.2) is 32.8 Å². The molecule has 20 heavy (non-hydrogen) atoms. The monoisotopic (exact) mass is 297 g/mol. The van der Waals surface area contributed by atoms with E-state index in [0.717, 1.165) is 29.0 Å². The highest BCUT2D eigenvalue weighted by atomic mass is 35.5. The fourth-order valence-electron chi connectivity index (χ4n) is 2.44. The highest BCUT2D eigenvalue weighted by Gasteiger charge is 2.25. The van der Waals surface area contributed by atoms with Crippen LogP contribution in [0.1, 0.15) is 30.0 Å². The second-order valence-electron chi connectivity index (χ2n) is 4.82. The van der Waals surface area contributed by atoms with Crippen molar-refractivity contribution in [3.8, 4) is 0 Å². The third kappa shape index (κ3) is 3.95. The van der Waals surface area contributed by atoms with E-state index in [1.54, 1.807) is 7.11 Å². The van der Waals surface area contributed by atoms with Gasteiger partial charge in [-0.2, -0.15) is 0 Å². The number of fused-ring (bicyclic) bond motifs is 1. The summed E-state index contributed by atoms with van der Waals surface area (Å²) < 4.78 is 10.2. The van der Waals surface area contributed by atoms with Gasteiger partial charge in [0.1, 0.15) is 0 Å². The largest absolute Gasteiger partial charge is 0.382 e. The Morgan fingerprint density at radius 1 is 1.40 bits per heavy atom. The minimum absolute atomic E-state index is 0.0141. The first-order valence-corrected chi connectivity index (χ1v) is 7.23. The zero-order chi connectivity index (χ0) is 14.4. The molecule has 5 heteroatoms. The number of amides is 1. The molecule has 0 aliphatic heterocycles. The van der Waals surface area contributed by atoms with Crippen LogP contribution in [0.2, 0.25) is 5.02 Å². The van der Waals surface area contributed by atoms with Gasteiger partial charge in [0.15, 0.2) is 0 Å². The molecule has 1 unspecified atom stereocenters. The predicted octanol–water partition coefficient (Wildman–Crippen LogP) is 2.50. The molecule has 0 saturated carbocycles. The number of hydrogen-bond donors (Lipinski definition) is 1. The van der Waals surface area contributed by atoms with Crippen molar-refractivity contribution in [2.75, 3.05) is 26.9 Å². The fraction of sp³-hybridized carbons (Fsp3) is 0.533. The van der Waals surface area contributed by atoms with Crippen molar-refractivity contribution in [1.29, 1.82) is 0 Å². The molecule has 1 aromatic carbocycles. The molecule has 2 rings (SSSR count). The maximum atomic E-state index is 11.9. The van der Waals surface area contributed by atoms with E-state index in [1.165, 1.54) is 0 Å². The smallest absolute Gasteiger partial charge is 0.222 e. The first-order valence-electron chi connectivity index (χ1n) is 6.85. The molecule has 110 valence electrons. The van der Waals surface area contributed by atoms with Gasteiger partial charge in [-0.05, 0) is 30.0 Å². The lowest BCUT2D eigenvalue weighted by molar-refractivity contribution is -0.123. The van der Waals surface area contributed by atoms with E-state index in [-0.39, 0.29) is 11.9 Å². The van der Waals surface area contributed by atoms with Crippen molar-refractivity contribution in [3.05, 3.63) is 34.3 Å². The molecule has 0 fully saturated rings. The Morgan fingerprint density at radius 3 is 3.05 bits per heavy atom. The van der Waals surface area contributed by atoms with Crippen molar-refractivity contribution in [1.82, 2.24) is 5.32 Å². The van der Waals surface area contributed by atoms with Gasteiger partial charge in [0, 0.05) is 18.6 Å². The average Bonchev–Trinajstić information content (AvgIpc) is 2.83. The lowest BCUT2D eigenvalue weighted by Crippen LogP contribution is -2.28. The molecule has 1 aliphatic rings. The molecule has 0 radical (unpaired) electrons. The summed E-state index contributed by atoms with van der Waals surface area (Å²) in [6.45, 7) is 1.49. The van der Waals surface area contributed by atoms with E-state index < -0.39 is 0 Å². The van der Waals surface area contributed by atoms with E-state index >= 15 is 0 Å². The van der Waals surface area contributed by atoms with Gasteiger partial charge in [-0.15, -0.1) is 0 Å². The van der Waals surface area contributed by atoms with Gasteiger partial charge in [0.2, 0.25) is 5.91 Å². The summed E-state index contributed by atoms with van der Waals surface area (Å²) in [7, 11) is 1.62. The minimum Gasteiger partial charge on any atom is -0.382 e. The molecular weight excluding hydrogens is 278 g/mol. The van der Waals surface area contributed by atoms with Crippen LogP contribution in [0.25, 0.3) is 0 Å². The first kappa shape index (κ1) is 15.3. The van der Waals surface area contributed by atoms with Crippen LogP contribution < -0.4 is 5.32 Å². The first-order chi connectivity index (χ1) is 9.72. The number of methoxy groups -OCH3 is 1. The summed E-state index contributed by atoms with van der Waals surface area (Å²) in [5.74, 6) is 0.0141. The molecule has 1 atom stereocenters. The molecule has 0 bridgehead atoms. The van der Waals surface area contributed by atoms with Crippen molar-refractivity contribution in [2.24, 2.45) is 0 Å². The predicted molar refractivity (Wildman–Crippen MR) is 78.0 cm³/mol. The van der Waals surface area contributed by atoms with Crippen molar-refractivity contribution < 1.29 is 14.3 Å². The number of hydrogen-bond acceptors (Lipinski definition) is 3. The number of carbonyl (C=O) groups excluding carboxylic acids is 1. The third-order valence-corrected chi connectivity index (χ3v) is 3.81. The van der Waals surface area contributed by atoms with Crippen molar-refractivity contribution in [2.45, 2.75) is 25.3 Å². The fourth-order valence-corrected chi connectivity index (χ4v) is 2.71. The summed E-state index contributed by atoms with van der Waals surface area (Å²) in [5.41, 5.74) is 2.31. The zero-order valence-corrected chi connectivity index (χ0v) is 12.4. The Hall–Kier alpha value is -1.10. The number of rotatable bonds is 7. The van der Waals surface area contributed by atoms with Crippen LogP contribution in [0, 0.1) is 0 Å². The van der Waals surface area contributed by atoms with E-state index in [2.05, 4.69) is 5.32 Å². The van der Waals surface area contributed by atoms with E-state index in [9.17, 15) is 4.79 Å². The molecule has 1 aromatic rings. The minimum atomic E-state index is 0.0141. The maximum absolute atomic E-state index is 11.9. The van der Waals surface area contributed by atoms with E-state index in [4.69, 9.17) is 21.1 Å². The molecule has 1 N–H and O–H groups in total. The lowest BCUT2D eigenvalue weighted by Gasteiger charge is -2.14.